The molecule has 3 nitrogen and oxygen atoms in total. The van der Waals surface area contributed by atoms with Crippen molar-refractivity contribution in [1.82, 2.24) is 5.32 Å². The molecule has 0 radical (unpaired) electrons. The molecular formula is C7H11NO2. The number of nitrogens with one attached hydrogen (secondary N) is 1. The molecule has 0 saturated heterocycles. The highest BCUT2D eigenvalue weighted by atomic mass is 16.1. The maximum absolute atomic E-state index is 10.4. The van der Waals surface area contributed by atoms with Crippen molar-refractivity contribution in [2.75, 3.05) is 0 Å². The molecule has 0 aromatic carbocycles. The highest BCUT2D eigenvalue weighted by Crippen LogP contribution is 1.94. The number of aldehydes is 1. The monoisotopic (exact) mass is 141 g/mol. The SMILES string of the molecule is CC(=O)N/C(C)=C(\C)C=O. The van der Waals surface area contributed by atoms with Crippen LogP contribution in [0.15, 0.2) is 11.3 Å². The molecule has 10 heavy (non-hydrogen) atoms. The standard InChI is InChI=1S/C7H11NO2/c1-5(4-9)6(2)8-7(3)10/h4H,1-3H3,(H,8,10)/b6-5+. The fraction of sp³-hybridized carbons (Fsp3) is 0.429. The van der Waals surface area contributed by atoms with Crippen LogP contribution in [0.3, 0.4) is 0 Å². The van der Waals surface area contributed by atoms with E-state index in [0.717, 1.165) is 0 Å². The lowest BCUT2D eigenvalue weighted by Crippen LogP contribution is -2.18. The van der Waals surface area contributed by atoms with Crippen molar-refractivity contribution in [3.8, 4) is 0 Å². The zero-order valence-electron chi connectivity index (χ0n) is 6.39. The Morgan fingerprint density at radius 3 is 2.10 bits per heavy atom. The molecule has 0 fully saturated rings. The van der Waals surface area contributed by atoms with E-state index in [9.17, 15) is 9.59 Å². The largest absolute Gasteiger partial charge is 0.330 e. The lowest BCUT2D eigenvalue weighted by Gasteiger charge is -2.01. The summed E-state index contributed by atoms with van der Waals surface area (Å²) in [6.07, 6.45) is 0.714. The molecule has 0 aliphatic carbocycles. The van der Waals surface area contributed by atoms with Gasteiger partial charge in [0, 0.05) is 18.2 Å². The van der Waals surface area contributed by atoms with Gasteiger partial charge < -0.3 is 5.32 Å². The summed E-state index contributed by atoms with van der Waals surface area (Å²) in [6.45, 7) is 4.74. The molecule has 0 aromatic heterocycles. The quantitative estimate of drug-likeness (QED) is 0.452. The second-order valence-electron chi connectivity index (χ2n) is 2.11. The molecule has 0 rings (SSSR count). The topological polar surface area (TPSA) is 46.2 Å². The molecule has 56 valence electrons. The van der Waals surface area contributed by atoms with Gasteiger partial charge in [-0.15, -0.1) is 0 Å². The molecule has 0 aromatic rings. The number of rotatable bonds is 2. The van der Waals surface area contributed by atoms with Crippen molar-refractivity contribution in [3.05, 3.63) is 11.3 Å². The van der Waals surface area contributed by atoms with E-state index in [1.807, 2.05) is 0 Å². The Morgan fingerprint density at radius 1 is 1.30 bits per heavy atom. The number of carbonyl (C=O) groups is 2. The van der Waals surface area contributed by atoms with Crippen LogP contribution in [0.2, 0.25) is 0 Å². The summed E-state index contributed by atoms with van der Waals surface area (Å²) in [5, 5.41) is 2.50. The van der Waals surface area contributed by atoms with Crippen molar-refractivity contribution >= 4 is 12.2 Å². The van der Waals surface area contributed by atoms with E-state index < -0.39 is 0 Å². The van der Waals surface area contributed by atoms with Crippen molar-refractivity contribution in [2.24, 2.45) is 0 Å². The van der Waals surface area contributed by atoms with E-state index in [2.05, 4.69) is 5.32 Å². The van der Waals surface area contributed by atoms with Crippen molar-refractivity contribution in [3.63, 3.8) is 0 Å². The summed E-state index contributed by atoms with van der Waals surface area (Å²) in [5.74, 6) is -0.154. The molecule has 0 bridgehead atoms. The predicted molar refractivity (Wildman–Crippen MR) is 38.3 cm³/mol. The van der Waals surface area contributed by atoms with Gasteiger partial charge in [-0.2, -0.15) is 0 Å². The zero-order valence-corrected chi connectivity index (χ0v) is 6.39. The fourth-order valence-electron chi connectivity index (χ4n) is 0.451. The third-order valence-electron chi connectivity index (χ3n) is 1.13. The molecule has 3 heteroatoms. The molecule has 0 heterocycles. The van der Waals surface area contributed by atoms with Gasteiger partial charge in [-0.3, -0.25) is 9.59 Å². The predicted octanol–water partition coefficient (Wildman–Crippen LogP) is 0.615. The van der Waals surface area contributed by atoms with Gasteiger partial charge >= 0.3 is 0 Å². The van der Waals surface area contributed by atoms with E-state index in [-0.39, 0.29) is 5.91 Å². The van der Waals surface area contributed by atoms with Gasteiger partial charge in [-0.25, -0.2) is 0 Å². The highest BCUT2D eigenvalue weighted by Gasteiger charge is 1.95. The summed E-state index contributed by atoms with van der Waals surface area (Å²) in [5.41, 5.74) is 1.16. The summed E-state index contributed by atoms with van der Waals surface area (Å²) < 4.78 is 0. The smallest absolute Gasteiger partial charge is 0.220 e. The van der Waals surface area contributed by atoms with Crippen LogP contribution in [0.1, 0.15) is 20.8 Å². The molecule has 1 N–H and O–H groups in total. The minimum Gasteiger partial charge on any atom is -0.330 e. The fourth-order valence-corrected chi connectivity index (χ4v) is 0.451. The zero-order chi connectivity index (χ0) is 8.15. The van der Waals surface area contributed by atoms with Crippen LogP contribution in [-0.4, -0.2) is 12.2 Å². The number of allylic oxidation sites excluding steroid dienone is 2. The van der Waals surface area contributed by atoms with Gasteiger partial charge in [-0.05, 0) is 13.8 Å². The Balaban J connectivity index is 4.18. The summed E-state index contributed by atoms with van der Waals surface area (Å²) in [6, 6.07) is 0. The van der Waals surface area contributed by atoms with Crippen LogP contribution in [0.5, 0.6) is 0 Å². The molecule has 0 unspecified atom stereocenters. The lowest BCUT2D eigenvalue weighted by molar-refractivity contribution is -0.118. The molecule has 0 spiro atoms. The van der Waals surface area contributed by atoms with E-state index >= 15 is 0 Å². The maximum Gasteiger partial charge on any atom is 0.220 e. The third-order valence-corrected chi connectivity index (χ3v) is 1.13. The van der Waals surface area contributed by atoms with Crippen LogP contribution in [0.4, 0.5) is 0 Å². The second-order valence-corrected chi connectivity index (χ2v) is 2.11. The summed E-state index contributed by atoms with van der Waals surface area (Å²) >= 11 is 0. The van der Waals surface area contributed by atoms with Crippen LogP contribution in [0, 0.1) is 0 Å². The van der Waals surface area contributed by atoms with Crippen molar-refractivity contribution < 1.29 is 9.59 Å². The Morgan fingerprint density at radius 2 is 1.80 bits per heavy atom. The minimum atomic E-state index is -0.154. The van der Waals surface area contributed by atoms with Crippen molar-refractivity contribution in [2.45, 2.75) is 20.8 Å². The Hall–Kier alpha value is -1.12. The van der Waals surface area contributed by atoms with Crippen LogP contribution in [0.25, 0.3) is 0 Å². The number of hydrogen-bond acceptors (Lipinski definition) is 2. The van der Waals surface area contributed by atoms with E-state index in [0.29, 0.717) is 17.6 Å². The number of carbonyl (C=O) groups excluding carboxylic acids is 2. The lowest BCUT2D eigenvalue weighted by atomic mass is 10.3. The first-order valence-corrected chi connectivity index (χ1v) is 2.98. The maximum atomic E-state index is 10.4. The third kappa shape index (κ3) is 3.02. The Kier molecular flexibility index (Phi) is 3.39. The number of hydrogen-bond donors (Lipinski definition) is 1. The molecule has 0 aliphatic heterocycles. The summed E-state index contributed by atoms with van der Waals surface area (Å²) in [7, 11) is 0. The van der Waals surface area contributed by atoms with Gasteiger partial charge in [-0.1, -0.05) is 0 Å². The van der Waals surface area contributed by atoms with Gasteiger partial charge in [0.25, 0.3) is 0 Å². The molecule has 0 saturated carbocycles. The molecule has 0 aliphatic rings. The van der Waals surface area contributed by atoms with Gasteiger partial charge in [0.05, 0.1) is 0 Å². The molecule has 0 atom stereocenters. The van der Waals surface area contributed by atoms with Gasteiger partial charge in [0.1, 0.15) is 6.29 Å². The molecular weight excluding hydrogens is 130 g/mol. The highest BCUT2D eigenvalue weighted by molar-refractivity contribution is 5.79. The van der Waals surface area contributed by atoms with E-state index in [4.69, 9.17) is 0 Å². The second kappa shape index (κ2) is 3.82. The molecule has 1 amide bonds. The van der Waals surface area contributed by atoms with Crippen LogP contribution in [-0.2, 0) is 9.59 Å². The van der Waals surface area contributed by atoms with Gasteiger partial charge in [0.15, 0.2) is 0 Å². The Bertz CT molecular complexity index is 182. The van der Waals surface area contributed by atoms with E-state index in [1.165, 1.54) is 6.92 Å². The van der Waals surface area contributed by atoms with E-state index in [1.54, 1.807) is 13.8 Å². The Labute approximate surface area is 60.1 Å². The first kappa shape index (κ1) is 8.88. The van der Waals surface area contributed by atoms with Crippen LogP contribution < -0.4 is 5.32 Å². The summed E-state index contributed by atoms with van der Waals surface area (Å²) in [4.78, 5) is 20.5. The average Bonchev–Trinajstić information content (AvgIpc) is 1.85. The first-order valence-electron chi connectivity index (χ1n) is 2.98. The van der Waals surface area contributed by atoms with Gasteiger partial charge in [0.2, 0.25) is 5.91 Å². The van der Waals surface area contributed by atoms with Crippen molar-refractivity contribution in [1.29, 1.82) is 0 Å². The average molecular weight is 141 g/mol. The number of amides is 1. The minimum absolute atomic E-state index is 0.154. The normalized spacial score (nSPS) is 11.9. The first-order chi connectivity index (χ1) is 4.57. The van der Waals surface area contributed by atoms with Crippen LogP contribution >= 0.6 is 0 Å².